The number of halogens is 2. The molecule has 0 bridgehead atoms. The van der Waals surface area contributed by atoms with Crippen molar-refractivity contribution >= 4 is 39.2 Å². The van der Waals surface area contributed by atoms with E-state index in [0.717, 1.165) is 0 Å². The van der Waals surface area contributed by atoms with Crippen molar-refractivity contribution in [3.8, 4) is 0 Å². The summed E-state index contributed by atoms with van der Waals surface area (Å²) in [6.45, 7) is 0.338. The van der Waals surface area contributed by atoms with Crippen LogP contribution in [-0.4, -0.2) is 36.9 Å². The van der Waals surface area contributed by atoms with Crippen molar-refractivity contribution in [1.29, 1.82) is 0 Å². The quantitative estimate of drug-likeness (QED) is 0.919. The van der Waals surface area contributed by atoms with Crippen LogP contribution < -0.4 is 0 Å². The predicted octanol–water partition coefficient (Wildman–Crippen LogP) is 2.48. The Morgan fingerprint density at radius 2 is 1.85 bits per heavy atom. The SMILES string of the molecule is O=C(O)C1CCN(S(=O)(=O)c2cccc(Cl)c2Cl)CC1. The first-order chi connectivity index (χ1) is 9.34. The first kappa shape index (κ1) is 15.6. The smallest absolute Gasteiger partial charge is 0.306 e. The number of hydrogen-bond donors (Lipinski definition) is 1. The van der Waals surface area contributed by atoms with Gasteiger partial charge in [0.15, 0.2) is 0 Å². The standard InChI is InChI=1S/C12H13Cl2NO4S/c13-9-2-1-3-10(11(9)14)20(18,19)15-6-4-8(5-7-15)12(16)17/h1-3,8H,4-7H2,(H,16,17). The first-order valence-electron chi connectivity index (χ1n) is 6.01. The van der Waals surface area contributed by atoms with E-state index in [9.17, 15) is 13.2 Å². The highest BCUT2D eigenvalue weighted by molar-refractivity contribution is 7.89. The van der Waals surface area contributed by atoms with Gasteiger partial charge in [0.05, 0.1) is 16.0 Å². The van der Waals surface area contributed by atoms with Gasteiger partial charge in [-0.15, -0.1) is 0 Å². The number of rotatable bonds is 3. The Kier molecular flexibility index (Phi) is 4.59. The molecule has 1 aromatic rings. The van der Waals surface area contributed by atoms with E-state index in [0.29, 0.717) is 12.8 Å². The van der Waals surface area contributed by atoms with Crippen LogP contribution in [0, 0.1) is 5.92 Å². The molecule has 1 aliphatic rings. The Morgan fingerprint density at radius 1 is 1.25 bits per heavy atom. The van der Waals surface area contributed by atoms with Gasteiger partial charge in [0.25, 0.3) is 0 Å². The minimum absolute atomic E-state index is 0.00507. The number of piperidine rings is 1. The summed E-state index contributed by atoms with van der Waals surface area (Å²) in [6.07, 6.45) is 0.597. The molecule has 0 spiro atoms. The van der Waals surface area contributed by atoms with Gasteiger partial charge in [-0.3, -0.25) is 4.79 Å². The first-order valence-corrected chi connectivity index (χ1v) is 8.20. The topological polar surface area (TPSA) is 74.7 Å². The number of sulfonamides is 1. The molecule has 1 aromatic carbocycles. The minimum Gasteiger partial charge on any atom is -0.481 e. The average molecular weight is 338 g/mol. The molecular formula is C12H13Cl2NO4S. The fourth-order valence-corrected chi connectivity index (χ4v) is 4.37. The Bertz CT molecular complexity index is 624. The van der Waals surface area contributed by atoms with E-state index in [1.54, 1.807) is 0 Å². The molecule has 2 rings (SSSR count). The highest BCUT2D eigenvalue weighted by atomic mass is 35.5. The van der Waals surface area contributed by atoms with Gasteiger partial charge in [-0.05, 0) is 25.0 Å². The van der Waals surface area contributed by atoms with Gasteiger partial charge in [-0.1, -0.05) is 29.3 Å². The summed E-state index contributed by atoms with van der Waals surface area (Å²) in [6, 6.07) is 4.43. The molecule has 0 aliphatic carbocycles. The third-order valence-electron chi connectivity index (χ3n) is 3.34. The highest BCUT2D eigenvalue weighted by Gasteiger charge is 2.33. The molecule has 1 saturated heterocycles. The van der Waals surface area contributed by atoms with Crippen LogP contribution in [0.1, 0.15) is 12.8 Å². The van der Waals surface area contributed by atoms with Gasteiger partial charge in [0.1, 0.15) is 4.90 Å². The molecule has 0 radical (unpaired) electrons. The molecule has 1 fully saturated rings. The molecule has 8 heteroatoms. The van der Waals surface area contributed by atoms with E-state index >= 15 is 0 Å². The predicted molar refractivity (Wildman–Crippen MR) is 75.6 cm³/mol. The Balaban J connectivity index is 2.24. The van der Waals surface area contributed by atoms with Crippen LogP contribution in [0.25, 0.3) is 0 Å². The second-order valence-corrected chi connectivity index (χ2v) is 7.26. The van der Waals surface area contributed by atoms with Gasteiger partial charge in [-0.25, -0.2) is 8.42 Å². The maximum atomic E-state index is 12.5. The summed E-state index contributed by atoms with van der Waals surface area (Å²) >= 11 is 11.8. The maximum absolute atomic E-state index is 12.5. The normalized spacial score (nSPS) is 18.1. The minimum atomic E-state index is -3.74. The van der Waals surface area contributed by atoms with Crippen LogP contribution >= 0.6 is 23.2 Å². The van der Waals surface area contributed by atoms with Crippen molar-refractivity contribution in [2.24, 2.45) is 5.92 Å². The summed E-state index contributed by atoms with van der Waals surface area (Å²) in [5, 5.41) is 9.09. The summed E-state index contributed by atoms with van der Waals surface area (Å²) in [7, 11) is -3.74. The number of carboxylic acid groups (broad SMARTS) is 1. The maximum Gasteiger partial charge on any atom is 0.306 e. The lowest BCUT2D eigenvalue weighted by Gasteiger charge is -2.29. The summed E-state index contributed by atoms with van der Waals surface area (Å²) in [5.74, 6) is -1.38. The fourth-order valence-electron chi connectivity index (χ4n) is 2.17. The molecule has 1 N–H and O–H groups in total. The van der Waals surface area contributed by atoms with E-state index in [1.165, 1.54) is 22.5 Å². The molecule has 110 valence electrons. The third-order valence-corrected chi connectivity index (χ3v) is 6.21. The van der Waals surface area contributed by atoms with Crippen LogP contribution in [0.4, 0.5) is 0 Å². The summed E-state index contributed by atoms with van der Waals surface area (Å²) in [5.41, 5.74) is 0. The van der Waals surface area contributed by atoms with Crippen molar-refractivity contribution in [2.75, 3.05) is 13.1 Å². The molecule has 0 amide bonds. The number of benzene rings is 1. The monoisotopic (exact) mass is 337 g/mol. The van der Waals surface area contributed by atoms with E-state index in [2.05, 4.69) is 0 Å². The molecule has 1 aliphatic heterocycles. The number of carboxylic acids is 1. The molecule has 0 atom stereocenters. The van der Waals surface area contributed by atoms with E-state index in [4.69, 9.17) is 28.3 Å². The lowest BCUT2D eigenvalue weighted by atomic mass is 9.99. The Labute approximate surface area is 127 Å². The zero-order valence-electron chi connectivity index (χ0n) is 10.4. The average Bonchev–Trinajstić information content (AvgIpc) is 2.41. The largest absolute Gasteiger partial charge is 0.481 e. The second kappa shape index (κ2) is 5.89. The Morgan fingerprint density at radius 3 is 2.40 bits per heavy atom. The zero-order valence-corrected chi connectivity index (χ0v) is 12.7. The molecule has 0 saturated carbocycles. The number of aliphatic carboxylic acids is 1. The summed E-state index contributed by atoms with van der Waals surface area (Å²) in [4.78, 5) is 10.8. The molecule has 20 heavy (non-hydrogen) atoms. The van der Waals surface area contributed by atoms with Gasteiger partial charge >= 0.3 is 5.97 Å². The van der Waals surface area contributed by atoms with Gasteiger partial charge in [0.2, 0.25) is 10.0 Å². The van der Waals surface area contributed by atoms with Gasteiger partial charge in [-0.2, -0.15) is 4.31 Å². The van der Waals surface area contributed by atoms with Crippen molar-refractivity contribution in [3.05, 3.63) is 28.2 Å². The molecule has 0 unspecified atom stereocenters. The van der Waals surface area contributed by atoms with E-state index in [-0.39, 0.29) is 28.0 Å². The molecule has 5 nitrogen and oxygen atoms in total. The van der Waals surface area contributed by atoms with Crippen molar-refractivity contribution in [2.45, 2.75) is 17.7 Å². The zero-order chi connectivity index (χ0) is 14.9. The molecular weight excluding hydrogens is 325 g/mol. The fraction of sp³-hybridized carbons (Fsp3) is 0.417. The van der Waals surface area contributed by atoms with Crippen molar-refractivity contribution in [3.63, 3.8) is 0 Å². The number of hydrogen-bond acceptors (Lipinski definition) is 3. The van der Waals surface area contributed by atoms with E-state index < -0.39 is 21.9 Å². The van der Waals surface area contributed by atoms with Gasteiger partial charge < -0.3 is 5.11 Å². The van der Waals surface area contributed by atoms with Crippen LogP contribution in [0.15, 0.2) is 23.1 Å². The lowest BCUT2D eigenvalue weighted by Crippen LogP contribution is -2.40. The number of nitrogens with zero attached hydrogens (tertiary/aromatic N) is 1. The van der Waals surface area contributed by atoms with Crippen molar-refractivity contribution < 1.29 is 18.3 Å². The summed E-state index contributed by atoms with van der Waals surface area (Å²) < 4.78 is 26.2. The van der Waals surface area contributed by atoms with Gasteiger partial charge in [0, 0.05) is 13.1 Å². The highest BCUT2D eigenvalue weighted by Crippen LogP contribution is 2.32. The molecule has 1 heterocycles. The van der Waals surface area contributed by atoms with Crippen LogP contribution in [0.5, 0.6) is 0 Å². The lowest BCUT2D eigenvalue weighted by molar-refractivity contribution is -0.142. The van der Waals surface area contributed by atoms with Crippen LogP contribution in [-0.2, 0) is 14.8 Å². The third kappa shape index (κ3) is 2.93. The Hall–Kier alpha value is -0.820. The number of carbonyl (C=O) groups is 1. The van der Waals surface area contributed by atoms with Crippen LogP contribution in [0.2, 0.25) is 10.0 Å². The molecule has 0 aromatic heterocycles. The second-order valence-electron chi connectivity index (χ2n) is 4.57. The van der Waals surface area contributed by atoms with E-state index in [1.807, 2.05) is 0 Å². The van der Waals surface area contributed by atoms with Crippen LogP contribution in [0.3, 0.4) is 0 Å². The van der Waals surface area contributed by atoms with Crippen molar-refractivity contribution in [1.82, 2.24) is 4.31 Å².